The van der Waals surface area contributed by atoms with Crippen molar-refractivity contribution in [2.24, 2.45) is 0 Å². The highest BCUT2D eigenvalue weighted by Crippen LogP contribution is 2.49. The second-order valence-corrected chi connectivity index (χ2v) is 15.2. The van der Waals surface area contributed by atoms with Crippen molar-refractivity contribution in [3.05, 3.63) is 97.6 Å². The maximum Gasteiger partial charge on any atom is 0.269 e. The van der Waals surface area contributed by atoms with Crippen molar-refractivity contribution >= 4 is 5.69 Å². The fourth-order valence-corrected chi connectivity index (χ4v) is 5.08. The molecule has 3 rings (SSSR count). The number of aromatic hydroxyl groups is 2. The van der Waals surface area contributed by atoms with Crippen LogP contribution in [-0.2, 0) is 21.7 Å². The molecule has 0 saturated heterocycles. The van der Waals surface area contributed by atoms with E-state index in [0.717, 1.165) is 27.8 Å². The Bertz CT molecular complexity index is 1330. The van der Waals surface area contributed by atoms with Crippen LogP contribution in [0, 0.1) is 10.1 Å². The third-order valence-corrected chi connectivity index (χ3v) is 7.69. The number of phenols is 2. The van der Waals surface area contributed by atoms with Gasteiger partial charge in [-0.2, -0.15) is 0 Å². The molecule has 0 aliphatic heterocycles. The predicted octanol–water partition coefficient (Wildman–Crippen LogP) is 9.38. The quantitative estimate of drug-likeness (QED) is 0.194. The topological polar surface area (TPSA) is 83.6 Å². The minimum absolute atomic E-state index is 0.00594. The second-order valence-electron chi connectivity index (χ2n) is 15.2. The van der Waals surface area contributed by atoms with Crippen LogP contribution in [-0.4, -0.2) is 15.1 Å². The third kappa shape index (κ3) is 6.35. The Labute approximate surface area is 240 Å². The van der Waals surface area contributed by atoms with E-state index < -0.39 is 10.8 Å². The minimum atomic E-state index is -0.562. The Morgan fingerprint density at radius 2 is 0.950 bits per heavy atom. The number of hydrogen-bond acceptors (Lipinski definition) is 4. The maximum atomic E-state index is 11.9. The largest absolute Gasteiger partial charge is 0.507 e. The average molecular weight is 546 g/mol. The molecule has 0 atom stereocenters. The first kappa shape index (κ1) is 31.2. The molecule has 0 unspecified atom stereocenters. The first-order valence-corrected chi connectivity index (χ1v) is 14.0. The van der Waals surface area contributed by atoms with Gasteiger partial charge in [-0.05, 0) is 49.5 Å². The third-order valence-electron chi connectivity index (χ3n) is 7.69. The lowest BCUT2D eigenvalue weighted by molar-refractivity contribution is -0.384. The Morgan fingerprint density at radius 1 is 0.600 bits per heavy atom. The monoisotopic (exact) mass is 545 g/mol. The van der Waals surface area contributed by atoms with Crippen molar-refractivity contribution in [3.63, 3.8) is 0 Å². The van der Waals surface area contributed by atoms with Crippen LogP contribution >= 0.6 is 0 Å². The highest BCUT2D eigenvalue weighted by Gasteiger charge is 2.33. The molecule has 0 amide bonds. The Kier molecular flexibility index (Phi) is 7.99. The average Bonchev–Trinajstić information content (AvgIpc) is 2.78. The van der Waals surface area contributed by atoms with Gasteiger partial charge in [0.15, 0.2) is 0 Å². The van der Waals surface area contributed by atoms with Crippen LogP contribution in [0.1, 0.15) is 128 Å². The van der Waals surface area contributed by atoms with E-state index in [9.17, 15) is 20.3 Å². The molecule has 3 aromatic carbocycles. The standard InChI is InChI=1S/C35H47NO4/c1-32(2,3)22-17-25(30(37)27(19-22)34(7,8)9)29(21-13-15-24(16-14-21)36(39)40)26-18-23(33(4,5)6)20-28(31(26)38)35(10,11)12/h13-20,29,37-38H,1-12H3. The number of rotatable bonds is 4. The number of nitro benzene ring substituents is 1. The summed E-state index contributed by atoms with van der Waals surface area (Å²) in [5.41, 5.74) is 4.80. The van der Waals surface area contributed by atoms with Crippen LogP contribution in [0.5, 0.6) is 11.5 Å². The van der Waals surface area contributed by atoms with Gasteiger partial charge in [0.25, 0.3) is 5.69 Å². The number of hydrogen-bond donors (Lipinski definition) is 2. The molecule has 5 heteroatoms. The van der Waals surface area contributed by atoms with Crippen LogP contribution in [0.25, 0.3) is 0 Å². The molecule has 216 valence electrons. The van der Waals surface area contributed by atoms with E-state index in [1.807, 2.05) is 12.1 Å². The molecular weight excluding hydrogens is 498 g/mol. The number of non-ortho nitro benzene ring substituents is 1. The van der Waals surface area contributed by atoms with Crippen LogP contribution in [0.2, 0.25) is 0 Å². The van der Waals surface area contributed by atoms with Gasteiger partial charge >= 0.3 is 0 Å². The van der Waals surface area contributed by atoms with E-state index in [0.29, 0.717) is 11.1 Å². The highest BCUT2D eigenvalue weighted by molar-refractivity contribution is 5.61. The van der Waals surface area contributed by atoms with Crippen molar-refractivity contribution in [1.82, 2.24) is 0 Å². The molecule has 0 aliphatic carbocycles. The zero-order valence-corrected chi connectivity index (χ0v) is 26.4. The Morgan fingerprint density at radius 3 is 1.23 bits per heavy atom. The SMILES string of the molecule is CC(C)(C)c1cc(C(c2ccc([N+](=O)[O-])cc2)c2cc(C(C)(C)C)cc(C(C)(C)C)c2O)c(O)c(C(C)(C)C)c1. The fraction of sp³-hybridized carbons (Fsp3) is 0.486. The summed E-state index contributed by atoms with van der Waals surface area (Å²) in [4.78, 5) is 11.1. The van der Waals surface area contributed by atoms with Gasteiger partial charge in [-0.1, -0.05) is 119 Å². The molecule has 0 bridgehead atoms. The van der Waals surface area contributed by atoms with E-state index >= 15 is 0 Å². The van der Waals surface area contributed by atoms with Gasteiger partial charge in [0.2, 0.25) is 0 Å². The van der Waals surface area contributed by atoms with Crippen LogP contribution in [0.15, 0.2) is 48.5 Å². The van der Waals surface area contributed by atoms with E-state index in [1.165, 1.54) is 12.1 Å². The minimum Gasteiger partial charge on any atom is -0.507 e. The van der Waals surface area contributed by atoms with E-state index in [-0.39, 0.29) is 38.8 Å². The summed E-state index contributed by atoms with van der Waals surface area (Å²) >= 11 is 0. The number of nitro groups is 1. The summed E-state index contributed by atoms with van der Waals surface area (Å²) in [6.45, 7) is 25.3. The number of benzene rings is 3. The molecule has 3 aromatic rings. The lowest BCUT2D eigenvalue weighted by atomic mass is 9.72. The molecular formula is C35H47NO4. The highest BCUT2D eigenvalue weighted by atomic mass is 16.6. The van der Waals surface area contributed by atoms with Crippen LogP contribution in [0.4, 0.5) is 5.69 Å². The molecule has 0 saturated carbocycles. The Balaban J connectivity index is 2.56. The van der Waals surface area contributed by atoms with Crippen molar-refractivity contribution < 1.29 is 15.1 Å². The fourth-order valence-electron chi connectivity index (χ4n) is 5.08. The predicted molar refractivity (Wildman–Crippen MR) is 165 cm³/mol. The first-order chi connectivity index (χ1) is 18.0. The molecule has 0 radical (unpaired) electrons. The summed E-state index contributed by atoms with van der Waals surface area (Å²) in [7, 11) is 0. The summed E-state index contributed by atoms with van der Waals surface area (Å²) in [5, 5.41) is 35.3. The smallest absolute Gasteiger partial charge is 0.269 e. The van der Waals surface area contributed by atoms with Gasteiger partial charge in [-0.25, -0.2) is 0 Å². The molecule has 0 aliphatic rings. The second kappa shape index (κ2) is 10.2. The molecule has 40 heavy (non-hydrogen) atoms. The van der Waals surface area contributed by atoms with Gasteiger partial charge in [0, 0.05) is 29.2 Å². The normalized spacial score (nSPS) is 13.1. The summed E-state index contributed by atoms with van der Waals surface area (Å²) in [6, 6.07) is 14.7. The lowest BCUT2D eigenvalue weighted by Crippen LogP contribution is -2.20. The van der Waals surface area contributed by atoms with Gasteiger partial charge in [0.05, 0.1) is 4.92 Å². The van der Waals surface area contributed by atoms with Gasteiger partial charge < -0.3 is 10.2 Å². The van der Waals surface area contributed by atoms with Crippen LogP contribution in [0.3, 0.4) is 0 Å². The first-order valence-electron chi connectivity index (χ1n) is 14.0. The maximum absolute atomic E-state index is 11.9. The van der Waals surface area contributed by atoms with Crippen molar-refractivity contribution in [2.75, 3.05) is 0 Å². The van der Waals surface area contributed by atoms with E-state index in [2.05, 4.69) is 95.2 Å². The molecule has 0 fully saturated rings. The molecule has 0 aromatic heterocycles. The van der Waals surface area contributed by atoms with E-state index in [1.54, 1.807) is 12.1 Å². The van der Waals surface area contributed by atoms with E-state index in [4.69, 9.17) is 0 Å². The zero-order chi connectivity index (χ0) is 30.6. The van der Waals surface area contributed by atoms with Gasteiger partial charge in [0.1, 0.15) is 11.5 Å². The summed E-state index contributed by atoms with van der Waals surface area (Å²) < 4.78 is 0. The van der Waals surface area contributed by atoms with Crippen molar-refractivity contribution in [2.45, 2.75) is 111 Å². The summed E-state index contributed by atoms with van der Waals surface area (Å²) in [6.07, 6.45) is 0. The Hall–Kier alpha value is -3.34. The van der Waals surface area contributed by atoms with Crippen LogP contribution < -0.4 is 0 Å². The van der Waals surface area contributed by atoms with Crippen molar-refractivity contribution in [3.8, 4) is 11.5 Å². The zero-order valence-electron chi connectivity index (χ0n) is 26.4. The summed E-state index contributed by atoms with van der Waals surface area (Å²) in [5.74, 6) is -0.198. The van der Waals surface area contributed by atoms with Crippen molar-refractivity contribution in [1.29, 1.82) is 0 Å². The molecule has 2 N–H and O–H groups in total. The molecule has 0 spiro atoms. The molecule has 5 nitrogen and oxygen atoms in total. The molecule has 0 heterocycles. The van der Waals surface area contributed by atoms with Gasteiger partial charge in [-0.15, -0.1) is 0 Å². The lowest BCUT2D eigenvalue weighted by Gasteiger charge is -2.32. The number of phenolic OH excluding ortho intramolecular Hbond substituents is 2. The number of nitrogens with zero attached hydrogens (tertiary/aromatic N) is 1. The van der Waals surface area contributed by atoms with Gasteiger partial charge in [-0.3, -0.25) is 10.1 Å².